The van der Waals surface area contributed by atoms with Crippen LogP contribution in [-0.2, 0) is 6.42 Å². The van der Waals surface area contributed by atoms with E-state index in [-0.39, 0.29) is 11.8 Å². The van der Waals surface area contributed by atoms with Crippen LogP contribution in [0.15, 0.2) is 12.7 Å². The van der Waals surface area contributed by atoms with Crippen LogP contribution in [0, 0.1) is 0 Å². The van der Waals surface area contributed by atoms with Gasteiger partial charge < -0.3 is 15.2 Å². The van der Waals surface area contributed by atoms with Crippen LogP contribution >= 0.6 is 0 Å². The number of hydrogen-bond acceptors (Lipinski definition) is 3. The summed E-state index contributed by atoms with van der Waals surface area (Å²) in [7, 11) is 0. The number of nitrogens with one attached hydrogen (secondary N) is 1. The van der Waals surface area contributed by atoms with E-state index < -0.39 is 0 Å². The standard InChI is InChI=1S/C6H8N2O2/c1-2-3-4-7-5(9)6(10)8-4/h2,9-10H,1,3H2,(H,7,8). The number of aromatic nitrogens is 2. The molecule has 4 nitrogen and oxygen atoms in total. The van der Waals surface area contributed by atoms with Gasteiger partial charge >= 0.3 is 0 Å². The van der Waals surface area contributed by atoms with Crippen molar-refractivity contribution in [1.29, 1.82) is 0 Å². The van der Waals surface area contributed by atoms with Crippen LogP contribution in [0.3, 0.4) is 0 Å². The minimum absolute atomic E-state index is 0.295. The predicted octanol–water partition coefficient (Wildman–Crippen LogP) is 0.549. The lowest BCUT2D eigenvalue weighted by Crippen LogP contribution is -1.81. The SMILES string of the molecule is C=CCc1nc(O)c(O)[nH]1. The van der Waals surface area contributed by atoms with Crippen LogP contribution in [0.1, 0.15) is 5.82 Å². The first-order chi connectivity index (χ1) is 4.74. The monoisotopic (exact) mass is 140 g/mol. The molecule has 0 aliphatic carbocycles. The summed E-state index contributed by atoms with van der Waals surface area (Å²) in [5.74, 6) is -0.154. The lowest BCUT2D eigenvalue weighted by atomic mass is 10.4. The maximum absolute atomic E-state index is 8.76. The van der Waals surface area contributed by atoms with Crippen LogP contribution in [-0.4, -0.2) is 20.2 Å². The van der Waals surface area contributed by atoms with E-state index in [4.69, 9.17) is 10.2 Å². The molecule has 0 saturated heterocycles. The van der Waals surface area contributed by atoms with Crippen LogP contribution < -0.4 is 0 Å². The minimum Gasteiger partial charge on any atom is -0.491 e. The molecule has 0 saturated carbocycles. The molecule has 10 heavy (non-hydrogen) atoms. The van der Waals surface area contributed by atoms with E-state index in [9.17, 15) is 0 Å². The Hall–Kier alpha value is -1.45. The van der Waals surface area contributed by atoms with Crippen LogP contribution in [0.25, 0.3) is 0 Å². The second-order valence-corrected chi connectivity index (χ2v) is 1.85. The average molecular weight is 140 g/mol. The molecule has 54 valence electrons. The summed E-state index contributed by atoms with van der Waals surface area (Å²) in [4.78, 5) is 6.05. The van der Waals surface area contributed by atoms with E-state index in [1.807, 2.05) is 0 Å². The van der Waals surface area contributed by atoms with Gasteiger partial charge in [-0.05, 0) is 0 Å². The Bertz CT molecular complexity index is 222. The van der Waals surface area contributed by atoms with Gasteiger partial charge in [-0.3, -0.25) is 0 Å². The summed E-state index contributed by atoms with van der Waals surface area (Å²) in [6.07, 6.45) is 2.13. The van der Waals surface area contributed by atoms with Gasteiger partial charge in [-0.2, -0.15) is 4.98 Å². The van der Waals surface area contributed by atoms with E-state index in [0.717, 1.165) is 0 Å². The minimum atomic E-state index is -0.364. The maximum Gasteiger partial charge on any atom is 0.275 e. The summed E-state index contributed by atoms with van der Waals surface area (Å²) in [6.45, 7) is 3.47. The number of hydrogen-bond donors (Lipinski definition) is 3. The normalized spacial score (nSPS) is 9.60. The topological polar surface area (TPSA) is 69.1 Å². The Morgan fingerprint density at radius 2 is 2.30 bits per heavy atom. The summed E-state index contributed by atoms with van der Waals surface area (Å²) >= 11 is 0. The summed E-state index contributed by atoms with van der Waals surface area (Å²) in [6, 6.07) is 0. The second-order valence-electron chi connectivity index (χ2n) is 1.85. The molecule has 1 aromatic rings. The molecular formula is C6H8N2O2. The molecule has 0 unspecified atom stereocenters. The van der Waals surface area contributed by atoms with E-state index in [1.54, 1.807) is 6.08 Å². The number of aromatic hydroxyl groups is 2. The highest BCUT2D eigenvalue weighted by Crippen LogP contribution is 2.19. The zero-order valence-electron chi connectivity index (χ0n) is 5.33. The van der Waals surface area contributed by atoms with Crippen molar-refractivity contribution in [3.63, 3.8) is 0 Å². The number of allylic oxidation sites excluding steroid dienone is 1. The van der Waals surface area contributed by atoms with Crippen molar-refractivity contribution >= 4 is 0 Å². The molecule has 1 aromatic heterocycles. The zero-order valence-corrected chi connectivity index (χ0v) is 5.33. The quantitative estimate of drug-likeness (QED) is 0.525. The molecule has 0 aliphatic heterocycles. The molecule has 3 N–H and O–H groups in total. The van der Waals surface area contributed by atoms with E-state index in [0.29, 0.717) is 12.2 Å². The summed E-state index contributed by atoms with van der Waals surface area (Å²) in [5, 5.41) is 17.5. The van der Waals surface area contributed by atoms with Crippen molar-refractivity contribution in [3.05, 3.63) is 18.5 Å². The third-order valence-corrected chi connectivity index (χ3v) is 1.05. The van der Waals surface area contributed by atoms with Crippen molar-refractivity contribution in [2.24, 2.45) is 0 Å². The average Bonchev–Trinajstić information content (AvgIpc) is 2.14. The van der Waals surface area contributed by atoms with Gasteiger partial charge in [-0.25, -0.2) is 0 Å². The molecule has 0 fully saturated rings. The predicted molar refractivity (Wildman–Crippen MR) is 35.8 cm³/mol. The van der Waals surface area contributed by atoms with Crippen LogP contribution in [0.2, 0.25) is 0 Å². The molecular weight excluding hydrogens is 132 g/mol. The molecule has 0 bridgehead atoms. The van der Waals surface area contributed by atoms with Crippen molar-refractivity contribution in [2.45, 2.75) is 6.42 Å². The smallest absolute Gasteiger partial charge is 0.275 e. The first-order valence-electron chi connectivity index (χ1n) is 2.81. The van der Waals surface area contributed by atoms with Crippen LogP contribution in [0.5, 0.6) is 11.8 Å². The number of rotatable bonds is 2. The fourth-order valence-electron chi connectivity index (χ4n) is 0.635. The van der Waals surface area contributed by atoms with Gasteiger partial charge in [0.1, 0.15) is 5.82 Å². The highest BCUT2D eigenvalue weighted by atomic mass is 16.3. The number of aromatic amines is 1. The van der Waals surface area contributed by atoms with Gasteiger partial charge in [-0.15, -0.1) is 6.58 Å². The van der Waals surface area contributed by atoms with Crippen molar-refractivity contribution in [3.8, 4) is 11.8 Å². The van der Waals surface area contributed by atoms with Gasteiger partial charge in [0.25, 0.3) is 11.8 Å². The molecule has 4 heteroatoms. The van der Waals surface area contributed by atoms with Gasteiger partial charge in [0.05, 0.1) is 0 Å². The van der Waals surface area contributed by atoms with E-state index in [2.05, 4.69) is 16.5 Å². The third-order valence-electron chi connectivity index (χ3n) is 1.05. The van der Waals surface area contributed by atoms with E-state index >= 15 is 0 Å². The molecule has 0 amide bonds. The van der Waals surface area contributed by atoms with Gasteiger partial charge in [0.15, 0.2) is 0 Å². The van der Waals surface area contributed by atoms with Crippen molar-refractivity contribution in [1.82, 2.24) is 9.97 Å². The van der Waals surface area contributed by atoms with E-state index in [1.165, 1.54) is 0 Å². The highest BCUT2D eigenvalue weighted by Gasteiger charge is 2.04. The Morgan fingerprint density at radius 3 is 2.70 bits per heavy atom. The Kier molecular flexibility index (Phi) is 1.62. The third kappa shape index (κ3) is 1.10. The van der Waals surface area contributed by atoms with Crippen molar-refractivity contribution in [2.75, 3.05) is 0 Å². The number of imidazole rings is 1. The number of nitrogens with zero attached hydrogens (tertiary/aromatic N) is 1. The summed E-state index contributed by atoms with van der Waals surface area (Å²) in [5.41, 5.74) is 0. The Labute approximate surface area is 57.9 Å². The van der Waals surface area contributed by atoms with Gasteiger partial charge in [0.2, 0.25) is 0 Å². The molecule has 0 aliphatic rings. The molecule has 0 spiro atoms. The fourth-order valence-corrected chi connectivity index (χ4v) is 0.635. The number of H-pyrrole nitrogens is 1. The second kappa shape index (κ2) is 2.43. The Morgan fingerprint density at radius 1 is 1.60 bits per heavy atom. The lowest BCUT2D eigenvalue weighted by molar-refractivity contribution is 0.386. The lowest BCUT2D eigenvalue weighted by Gasteiger charge is -1.82. The molecule has 0 aromatic carbocycles. The zero-order chi connectivity index (χ0) is 7.56. The molecule has 0 atom stereocenters. The Balaban J connectivity index is 2.86. The van der Waals surface area contributed by atoms with Gasteiger partial charge in [0, 0.05) is 6.42 Å². The molecule has 0 radical (unpaired) electrons. The van der Waals surface area contributed by atoms with Crippen LogP contribution in [0.4, 0.5) is 0 Å². The largest absolute Gasteiger partial charge is 0.491 e. The highest BCUT2D eigenvalue weighted by molar-refractivity contribution is 5.24. The molecule has 1 rings (SSSR count). The first kappa shape index (κ1) is 6.67. The summed E-state index contributed by atoms with van der Waals surface area (Å²) < 4.78 is 0. The van der Waals surface area contributed by atoms with Gasteiger partial charge in [-0.1, -0.05) is 6.08 Å². The van der Waals surface area contributed by atoms with Crippen molar-refractivity contribution < 1.29 is 10.2 Å². The fraction of sp³-hybridized carbons (Fsp3) is 0.167. The first-order valence-corrected chi connectivity index (χ1v) is 2.81. The maximum atomic E-state index is 8.76. The molecule has 1 heterocycles.